The van der Waals surface area contributed by atoms with Crippen LogP contribution in [0.15, 0.2) is 35.6 Å². The lowest BCUT2D eigenvalue weighted by atomic mass is 10.2. The number of ether oxygens (including phenoxy) is 1. The highest BCUT2D eigenvalue weighted by Crippen LogP contribution is 2.13. The summed E-state index contributed by atoms with van der Waals surface area (Å²) in [5, 5.41) is 14.9. The summed E-state index contributed by atoms with van der Waals surface area (Å²) in [7, 11) is 1.68. The van der Waals surface area contributed by atoms with Crippen LogP contribution in [0.2, 0.25) is 0 Å². The van der Waals surface area contributed by atoms with Gasteiger partial charge in [0, 0.05) is 26.1 Å². The number of aromatic nitrogens is 3. The van der Waals surface area contributed by atoms with E-state index in [0.29, 0.717) is 6.54 Å². The smallest absolute Gasteiger partial charge is 0.191 e. The first-order chi connectivity index (χ1) is 12.8. The topological polar surface area (TPSA) is 76.4 Å². The third-order valence-electron chi connectivity index (χ3n) is 4.03. The molecule has 142 valence electrons. The van der Waals surface area contributed by atoms with E-state index in [0.717, 1.165) is 62.0 Å². The van der Waals surface area contributed by atoms with Gasteiger partial charge in [-0.05, 0) is 24.1 Å². The van der Waals surface area contributed by atoms with Gasteiger partial charge in [0.15, 0.2) is 5.96 Å². The molecule has 0 aliphatic rings. The zero-order chi connectivity index (χ0) is 18.6. The number of guanidine groups is 1. The lowest BCUT2D eigenvalue weighted by molar-refractivity contribution is 0.414. The largest absolute Gasteiger partial charge is 0.497 e. The number of hydrogen-bond acceptors (Lipinski definition) is 4. The second-order valence-electron chi connectivity index (χ2n) is 6.02. The number of unbranched alkanes of at least 4 members (excludes halogenated alkanes) is 1. The van der Waals surface area contributed by atoms with Crippen LogP contribution in [0.1, 0.15) is 38.1 Å². The summed E-state index contributed by atoms with van der Waals surface area (Å²) in [5.41, 5.74) is 1.12. The van der Waals surface area contributed by atoms with Gasteiger partial charge in [0.1, 0.15) is 17.9 Å². The molecule has 0 bridgehead atoms. The Kier molecular flexibility index (Phi) is 8.45. The maximum absolute atomic E-state index is 5.27. The molecule has 0 aliphatic heterocycles. The molecule has 1 heterocycles. The van der Waals surface area contributed by atoms with E-state index in [4.69, 9.17) is 9.73 Å². The molecular weight excluding hydrogens is 328 g/mol. The number of nitrogens with zero attached hydrogens (tertiary/aromatic N) is 4. The molecule has 2 aromatic rings. The Labute approximate surface area is 155 Å². The molecule has 0 fully saturated rings. The highest BCUT2D eigenvalue weighted by Gasteiger charge is 2.03. The molecule has 0 radical (unpaired) electrons. The van der Waals surface area contributed by atoms with Gasteiger partial charge in [-0.3, -0.25) is 0 Å². The second-order valence-corrected chi connectivity index (χ2v) is 6.02. The van der Waals surface area contributed by atoms with E-state index in [1.807, 2.05) is 18.2 Å². The van der Waals surface area contributed by atoms with Gasteiger partial charge >= 0.3 is 0 Å². The van der Waals surface area contributed by atoms with Gasteiger partial charge in [0.2, 0.25) is 0 Å². The summed E-state index contributed by atoms with van der Waals surface area (Å²) in [6, 6.07) is 7.99. The average molecular weight is 358 g/mol. The summed E-state index contributed by atoms with van der Waals surface area (Å²) in [6.07, 6.45) is 4.92. The van der Waals surface area contributed by atoms with Crippen LogP contribution in [0.25, 0.3) is 0 Å². The van der Waals surface area contributed by atoms with Gasteiger partial charge in [0.05, 0.1) is 13.7 Å². The molecule has 2 rings (SSSR count). The normalized spacial score (nSPS) is 11.4. The summed E-state index contributed by atoms with van der Waals surface area (Å²) in [4.78, 5) is 4.70. The van der Waals surface area contributed by atoms with Crippen molar-refractivity contribution in [1.29, 1.82) is 0 Å². The number of aliphatic imine (C=N–C) groups is 1. The monoisotopic (exact) mass is 358 g/mol. The first kappa shape index (κ1) is 19.8. The fourth-order valence-corrected chi connectivity index (χ4v) is 2.53. The number of aryl methyl sites for hydroxylation is 1. The Morgan fingerprint density at radius 2 is 2.08 bits per heavy atom. The van der Waals surface area contributed by atoms with Crippen LogP contribution >= 0.6 is 0 Å². The Morgan fingerprint density at radius 3 is 2.85 bits per heavy atom. The lowest BCUT2D eigenvalue weighted by Gasteiger charge is -2.13. The molecule has 0 aliphatic carbocycles. The minimum atomic E-state index is 0.603. The summed E-state index contributed by atoms with van der Waals surface area (Å²) in [6.45, 7) is 7.35. The fraction of sp³-hybridized carbons (Fsp3) is 0.526. The minimum Gasteiger partial charge on any atom is -0.497 e. The van der Waals surface area contributed by atoms with Crippen molar-refractivity contribution in [3.8, 4) is 5.75 Å². The van der Waals surface area contributed by atoms with Crippen LogP contribution in [0.3, 0.4) is 0 Å². The van der Waals surface area contributed by atoms with E-state index < -0.39 is 0 Å². The van der Waals surface area contributed by atoms with Crippen molar-refractivity contribution >= 4 is 5.96 Å². The SMILES string of the molecule is CCCCNC(=NCc1cccc(OC)c1)NCCn1cnnc1CC. The molecule has 0 unspecified atom stereocenters. The Hall–Kier alpha value is -2.57. The van der Waals surface area contributed by atoms with E-state index in [1.54, 1.807) is 13.4 Å². The minimum absolute atomic E-state index is 0.603. The van der Waals surface area contributed by atoms with Gasteiger partial charge in [-0.1, -0.05) is 32.4 Å². The average Bonchev–Trinajstić information content (AvgIpc) is 3.13. The standard InChI is InChI=1S/C19H30N6O/c1-4-6-10-20-19(21-11-12-25-15-23-24-18(25)5-2)22-14-16-8-7-9-17(13-16)26-3/h7-9,13,15H,4-6,10-12,14H2,1-3H3,(H2,20,21,22). The number of benzene rings is 1. The van der Waals surface area contributed by atoms with Crippen molar-refractivity contribution in [3.05, 3.63) is 42.0 Å². The van der Waals surface area contributed by atoms with Crippen LogP contribution in [-0.2, 0) is 19.5 Å². The second kappa shape index (κ2) is 11.1. The fourth-order valence-electron chi connectivity index (χ4n) is 2.53. The third kappa shape index (κ3) is 6.38. The van der Waals surface area contributed by atoms with Gasteiger partial charge in [-0.2, -0.15) is 0 Å². The molecule has 0 saturated carbocycles. The van der Waals surface area contributed by atoms with E-state index in [-0.39, 0.29) is 0 Å². The summed E-state index contributed by atoms with van der Waals surface area (Å²) in [5.74, 6) is 2.68. The molecule has 0 saturated heterocycles. The van der Waals surface area contributed by atoms with E-state index in [2.05, 4.69) is 45.3 Å². The highest BCUT2D eigenvalue weighted by atomic mass is 16.5. The molecule has 0 amide bonds. The predicted octanol–water partition coefficient (Wildman–Crippen LogP) is 2.38. The molecular formula is C19H30N6O. The Bertz CT molecular complexity index is 682. The maximum Gasteiger partial charge on any atom is 0.191 e. The first-order valence-electron chi connectivity index (χ1n) is 9.28. The molecule has 7 heteroatoms. The zero-order valence-corrected chi connectivity index (χ0v) is 16.0. The van der Waals surface area contributed by atoms with Crippen molar-refractivity contribution in [2.45, 2.75) is 46.2 Å². The number of methoxy groups -OCH3 is 1. The number of hydrogen-bond donors (Lipinski definition) is 2. The van der Waals surface area contributed by atoms with E-state index >= 15 is 0 Å². The quantitative estimate of drug-likeness (QED) is 0.387. The first-order valence-corrected chi connectivity index (χ1v) is 9.28. The molecule has 7 nitrogen and oxygen atoms in total. The molecule has 0 atom stereocenters. The Morgan fingerprint density at radius 1 is 1.23 bits per heavy atom. The third-order valence-corrected chi connectivity index (χ3v) is 4.03. The van der Waals surface area contributed by atoms with Crippen LogP contribution in [0.4, 0.5) is 0 Å². The number of rotatable bonds is 10. The van der Waals surface area contributed by atoms with Crippen LogP contribution in [0.5, 0.6) is 5.75 Å². The van der Waals surface area contributed by atoms with Crippen molar-refractivity contribution in [2.75, 3.05) is 20.2 Å². The molecule has 0 spiro atoms. The van der Waals surface area contributed by atoms with Crippen molar-refractivity contribution in [3.63, 3.8) is 0 Å². The van der Waals surface area contributed by atoms with E-state index in [1.165, 1.54) is 0 Å². The molecule has 1 aromatic heterocycles. The van der Waals surface area contributed by atoms with Gasteiger partial charge in [-0.15, -0.1) is 10.2 Å². The van der Waals surface area contributed by atoms with Gasteiger partial charge < -0.3 is 19.9 Å². The van der Waals surface area contributed by atoms with E-state index in [9.17, 15) is 0 Å². The lowest BCUT2D eigenvalue weighted by Crippen LogP contribution is -2.39. The predicted molar refractivity (Wildman–Crippen MR) is 104 cm³/mol. The number of nitrogens with one attached hydrogen (secondary N) is 2. The maximum atomic E-state index is 5.27. The highest BCUT2D eigenvalue weighted by molar-refractivity contribution is 5.79. The van der Waals surface area contributed by atoms with Crippen LogP contribution in [0, 0.1) is 0 Å². The molecule has 1 aromatic carbocycles. The molecule has 2 N–H and O–H groups in total. The van der Waals surface area contributed by atoms with Gasteiger partial charge in [-0.25, -0.2) is 4.99 Å². The van der Waals surface area contributed by atoms with Crippen LogP contribution in [-0.4, -0.2) is 40.9 Å². The van der Waals surface area contributed by atoms with Gasteiger partial charge in [0.25, 0.3) is 0 Å². The molecule has 26 heavy (non-hydrogen) atoms. The summed E-state index contributed by atoms with van der Waals surface area (Å²) >= 11 is 0. The van der Waals surface area contributed by atoms with Crippen LogP contribution < -0.4 is 15.4 Å². The summed E-state index contributed by atoms with van der Waals surface area (Å²) < 4.78 is 7.34. The zero-order valence-electron chi connectivity index (χ0n) is 16.0. The van der Waals surface area contributed by atoms with Crippen molar-refractivity contribution in [1.82, 2.24) is 25.4 Å². The van der Waals surface area contributed by atoms with Crippen molar-refractivity contribution < 1.29 is 4.74 Å². The van der Waals surface area contributed by atoms with Crippen molar-refractivity contribution in [2.24, 2.45) is 4.99 Å². The Balaban J connectivity index is 1.93.